The number of hydrogen-bond donors (Lipinski definition) is 0. The first-order valence-corrected chi connectivity index (χ1v) is 10.5. The Morgan fingerprint density at radius 2 is 1.96 bits per heavy atom. The Kier molecular flexibility index (Phi) is 4.79. The highest BCUT2D eigenvalue weighted by Crippen LogP contribution is 2.25. The van der Waals surface area contributed by atoms with E-state index in [-0.39, 0.29) is 11.5 Å². The molecule has 0 amide bonds. The molecule has 0 aliphatic carbocycles. The molecule has 2 heterocycles. The van der Waals surface area contributed by atoms with Gasteiger partial charge in [0.1, 0.15) is 18.2 Å². The first-order chi connectivity index (χ1) is 13.5. The summed E-state index contributed by atoms with van der Waals surface area (Å²) in [6, 6.07) is 14.1. The average Bonchev–Trinajstić information content (AvgIpc) is 3.35. The predicted molar refractivity (Wildman–Crippen MR) is 104 cm³/mol. The molecule has 28 heavy (non-hydrogen) atoms. The minimum absolute atomic E-state index is 0.217. The number of nitriles is 1. The number of nitrogens with zero attached hydrogens (tertiary/aromatic N) is 4. The van der Waals surface area contributed by atoms with Crippen LogP contribution in [0.1, 0.15) is 24.2 Å². The molecule has 2 aromatic carbocycles. The maximum Gasteiger partial charge on any atom is 0.243 e. The molecule has 0 bridgehead atoms. The van der Waals surface area contributed by atoms with E-state index in [4.69, 9.17) is 10.00 Å². The number of rotatable bonds is 5. The Bertz CT molecular complexity index is 1170. The second-order valence-electron chi connectivity index (χ2n) is 6.78. The van der Waals surface area contributed by atoms with E-state index < -0.39 is 10.0 Å². The van der Waals surface area contributed by atoms with E-state index in [2.05, 4.69) is 11.1 Å². The topological polar surface area (TPSA) is 88.2 Å². The fourth-order valence-electron chi connectivity index (χ4n) is 3.40. The lowest BCUT2D eigenvalue weighted by atomic mass is 10.2. The normalized spacial score (nSPS) is 15.0. The second kappa shape index (κ2) is 7.26. The van der Waals surface area contributed by atoms with E-state index in [1.807, 2.05) is 11.6 Å². The van der Waals surface area contributed by atoms with Crippen LogP contribution in [0.2, 0.25) is 0 Å². The highest BCUT2D eigenvalue weighted by molar-refractivity contribution is 7.89. The van der Waals surface area contributed by atoms with Crippen molar-refractivity contribution >= 4 is 21.1 Å². The van der Waals surface area contributed by atoms with Crippen LogP contribution in [0.15, 0.2) is 47.4 Å². The van der Waals surface area contributed by atoms with Crippen molar-refractivity contribution in [1.29, 1.82) is 5.26 Å². The highest BCUT2D eigenvalue weighted by Gasteiger charge is 2.27. The van der Waals surface area contributed by atoms with Gasteiger partial charge in [0.15, 0.2) is 0 Å². The van der Waals surface area contributed by atoms with E-state index in [1.165, 1.54) is 4.31 Å². The van der Waals surface area contributed by atoms with E-state index >= 15 is 0 Å². The molecule has 8 heteroatoms. The highest BCUT2D eigenvalue weighted by atomic mass is 32.2. The summed E-state index contributed by atoms with van der Waals surface area (Å²) >= 11 is 0. The molecule has 4 rings (SSSR count). The monoisotopic (exact) mass is 396 g/mol. The largest absolute Gasteiger partial charge is 0.486 e. The molecule has 0 saturated carbocycles. The molecule has 0 unspecified atom stereocenters. The summed E-state index contributed by atoms with van der Waals surface area (Å²) in [5, 5.41) is 8.98. The lowest BCUT2D eigenvalue weighted by Gasteiger charge is -2.15. The summed E-state index contributed by atoms with van der Waals surface area (Å²) < 4.78 is 34.7. The van der Waals surface area contributed by atoms with E-state index in [0.717, 1.165) is 18.4 Å². The SMILES string of the molecule is Cn1c(COc2cccc(C#N)c2)nc2cc(S(=O)(=O)N3CCCC3)ccc21. The maximum atomic E-state index is 12.8. The van der Waals surface area contributed by atoms with Gasteiger partial charge in [-0.1, -0.05) is 6.07 Å². The van der Waals surface area contributed by atoms with E-state index in [9.17, 15) is 8.42 Å². The van der Waals surface area contributed by atoms with Gasteiger partial charge in [-0.05, 0) is 49.2 Å². The number of fused-ring (bicyclic) bond motifs is 1. The van der Waals surface area contributed by atoms with Gasteiger partial charge in [-0.2, -0.15) is 9.57 Å². The zero-order valence-electron chi connectivity index (χ0n) is 15.5. The van der Waals surface area contributed by atoms with Crippen molar-refractivity contribution in [3.8, 4) is 11.8 Å². The third-order valence-corrected chi connectivity index (χ3v) is 6.87. The molecule has 1 aliphatic rings. The fourth-order valence-corrected chi connectivity index (χ4v) is 4.94. The summed E-state index contributed by atoms with van der Waals surface area (Å²) in [5.41, 5.74) is 1.98. The lowest BCUT2D eigenvalue weighted by molar-refractivity contribution is 0.292. The number of hydrogen-bond acceptors (Lipinski definition) is 5. The van der Waals surface area contributed by atoms with Gasteiger partial charge in [-0.15, -0.1) is 0 Å². The molecule has 7 nitrogen and oxygen atoms in total. The molecule has 0 N–H and O–H groups in total. The van der Waals surface area contributed by atoms with Gasteiger partial charge >= 0.3 is 0 Å². The third kappa shape index (κ3) is 3.35. The van der Waals surface area contributed by atoms with Gasteiger partial charge in [0.25, 0.3) is 0 Å². The van der Waals surface area contributed by atoms with Gasteiger partial charge in [0, 0.05) is 20.1 Å². The smallest absolute Gasteiger partial charge is 0.243 e. The number of aromatic nitrogens is 2. The first-order valence-electron chi connectivity index (χ1n) is 9.07. The minimum Gasteiger partial charge on any atom is -0.486 e. The summed E-state index contributed by atoms with van der Waals surface area (Å²) in [7, 11) is -1.61. The van der Waals surface area contributed by atoms with E-state index in [1.54, 1.807) is 42.5 Å². The van der Waals surface area contributed by atoms with Gasteiger partial charge in [-0.25, -0.2) is 13.4 Å². The van der Waals surface area contributed by atoms with Crippen molar-refractivity contribution in [3.05, 3.63) is 53.9 Å². The summed E-state index contributed by atoms with van der Waals surface area (Å²) in [6.45, 7) is 1.36. The molecule has 1 aromatic heterocycles. The van der Waals surface area contributed by atoms with Crippen LogP contribution in [0, 0.1) is 11.3 Å². The molecule has 1 saturated heterocycles. The predicted octanol–water partition coefficient (Wildman–Crippen LogP) is 2.81. The van der Waals surface area contributed by atoms with E-state index in [0.29, 0.717) is 35.7 Å². The van der Waals surface area contributed by atoms with Gasteiger partial charge in [-0.3, -0.25) is 0 Å². The zero-order chi connectivity index (χ0) is 19.7. The molecule has 1 aliphatic heterocycles. The van der Waals surface area contributed by atoms with Crippen LogP contribution in [-0.2, 0) is 23.7 Å². The molecule has 3 aromatic rings. The number of benzene rings is 2. The van der Waals surface area contributed by atoms with Crippen molar-refractivity contribution in [2.75, 3.05) is 13.1 Å². The minimum atomic E-state index is -3.47. The lowest BCUT2D eigenvalue weighted by Crippen LogP contribution is -2.27. The van der Waals surface area contributed by atoms with Crippen LogP contribution in [0.5, 0.6) is 5.75 Å². The number of imidazole rings is 1. The van der Waals surface area contributed by atoms with Gasteiger partial charge < -0.3 is 9.30 Å². The molecule has 0 atom stereocenters. The van der Waals surface area contributed by atoms with Crippen LogP contribution < -0.4 is 4.74 Å². The van der Waals surface area contributed by atoms with Crippen LogP contribution in [-0.4, -0.2) is 35.4 Å². The van der Waals surface area contributed by atoms with Gasteiger partial charge in [0.2, 0.25) is 10.0 Å². The number of sulfonamides is 1. The van der Waals surface area contributed by atoms with Crippen LogP contribution in [0.4, 0.5) is 0 Å². The molecular weight excluding hydrogens is 376 g/mol. The fraction of sp³-hybridized carbons (Fsp3) is 0.300. The van der Waals surface area contributed by atoms with Crippen LogP contribution in [0.25, 0.3) is 11.0 Å². The molecule has 144 valence electrons. The molecular formula is C20H20N4O3S. The zero-order valence-corrected chi connectivity index (χ0v) is 16.3. The Labute approximate surface area is 163 Å². The Balaban J connectivity index is 1.60. The number of ether oxygens (including phenoxy) is 1. The van der Waals surface area contributed by atoms with Gasteiger partial charge in [0.05, 0.1) is 27.6 Å². The maximum absolute atomic E-state index is 12.8. The number of aryl methyl sites for hydroxylation is 1. The summed E-state index contributed by atoms with van der Waals surface area (Å²) in [4.78, 5) is 4.83. The Hall–Kier alpha value is -2.89. The Morgan fingerprint density at radius 1 is 1.18 bits per heavy atom. The summed E-state index contributed by atoms with van der Waals surface area (Å²) in [5.74, 6) is 1.26. The summed E-state index contributed by atoms with van der Waals surface area (Å²) in [6.07, 6.45) is 1.80. The quantitative estimate of drug-likeness (QED) is 0.662. The van der Waals surface area contributed by atoms with Crippen molar-refractivity contribution in [2.24, 2.45) is 7.05 Å². The van der Waals surface area contributed by atoms with Crippen molar-refractivity contribution < 1.29 is 13.2 Å². The third-order valence-electron chi connectivity index (χ3n) is 4.98. The van der Waals surface area contributed by atoms with Crippen molar-refractivity contribution in [1.82, 2.24) is 13.9 Å². The van der Waals surface area contributed by atoms with Crippen molar-refractivity contribution in [2.45, 2.75) is 24.3 Å². The molecule has 0 spiro atoms. The Morgan fingerprint density at radius 3 is 2.71 bits per heavy atom. The standard InChI is InChI=1S/C20H20N4O3S/c1-23-19-8-7-17(28(25,26)24-9-2-3-10-24)12-18(19)22-20(23)14-27-16-6-4-5-15(11-16)13-21/h4-8,11-12H,2-3,9-10,14H2,1H3. The van der Waals surface area contributed by atoms with Crippen molar-refractivity contribution in [3.63, 3.8) is 0 Å². The molecule has 0 radical (unpaired) electrons. The van der Waals surface area contributed by atoms with Crippen LogP contribution >= 0.6 is 0 Å². The average molecular weight is 396 g/mol. The second-order valence-corrected chi connectivity index (χ2v) is 8.72. The first kappa shape index (κ1) is 18.5. The van der Waals surface area contributed by atoms with Crippen LogP contribution in [0.3, 0.4) is 0 Å². The molecule has 1 fully saturated rings.